The molecule has 0 aliphatic rings. The molecule has 0 spiro atoms. The monoisotopic (exact) mass is 328 g/mol. The van der Waals surface area contributed by atoms with E-state index in [0.717, 1.165) is 0 Å². The Morgan fingerprint density at radius 2 is 1.83 bits per heavy atom. The lowest BCUT2D eigenvalue weighted by Crippen LogP contribution is -2.33. The number of hydrogen-bond acceptors (Lipinski definition) is 4. The van der Waals surface area contributed by atoms with E-state index in [2.05, 4.69) is 15.8 Å². The van der Waals surface area contributed by atoms with Gasteiger partial charge in [-0.2, -0.15) is 0 Å². The van der Waals surface area contributed by atoms with Crippen molar-refractivity contribution in [2.24, 2.45) is 7.05 Å². The number of hydrazine groups is 1. The maximum absolute atomic E-state index is 12.3. The molecule has 1 aromatic heterocycles. The fourth-order valence-electron chi connectivity index (χ4n) is 2.12. The van der Waals surface area contributed by atoms with Gasteiger partial charge in [0.15, 0.2) is 0 Å². The SMILES string of the molecule is Cn1c(NNC(=O)c2ccc(Cl)cc2)nc2ccccc2c1=O. The van der Waals surface area contributed by atoms with Gasteiger partial charge in [-0.05, 0) is 36.4 Å². The van der Waals surface area contributed by atoms with Crippen molar-refractivity contribution < 1.29 is 4.79 Å². The molecule has 3 aromatic rings. The summed E-state index contributed by atoms with van der Waals surface area (Å²) in [6.07, 6.45) is 0. The number of benzene rings is 2. The van der Waals surface area contributed by atoms with Crippen molar-refractivity contribution in [2.45, 2.75) is 0 Å². The lowest BCUT2D eigenvalue weighted by Gasteiger charge is -2.12. The van der Waals surface area contributed by atoms with Gasteiger partial charge in [-0.15, -0.1) is 0 Å². The number of fused-ring (bicyclic) bond motifs is 1. The minimum absolute atomic E-state index is 0.196. The van der Waals surface area contributed by atoms with Crippen molar-refractivity contribution in [1.29, 1.82) is 0 Å². The number of anilines is 1. The highest BCUT2D eigenvalue weighted by molar-refractivity contribution is 6.30. The molecule has 0 fully saturated rings. The summed E-state index contributed by atoms with van der Waals surface area (Å²) in [5, 5.41) is 1.07. The predicted octanol–water partition coefficient (Wildman–Crippen LogP) is 2.34. The minimum Gasteiger partial charge on any atom is -0.280 e. The molecule has 6 nitrogen and oxygen atoms in total. The zero-order chi connectivity index (χ0) is 16.4. The molecular formula is C16H13ClN4O2. The lowest BCUT2D eigenvalue weighted by atomic mass is 10.2. The molecule has 0 saturated heterocycles. The molecule has 0 radical (unpaired) electrons. The highest BCUT2D eigenvalue weighted by atomic mass is 35.5. The fourth-order valence-corrected chi connectivity index (χ4v) is 2.24. The molecule has 0 aliphatic heterocycles. The average molecular weight is 329 g/mol. The first-order valence-corrected chi connectivity index (χ1v) is 7.22. The van der Waals surface area contributed by atoms with Gasteiger partial charge in [0.05, 0.1) is 10.9 Å². The van der Waals surface area contributed by atoms with Crippen LogP contribution in [0.3, 0.4) is 0 Å². The number of nitrogens with one attached hydrogen (secondary N) is 2. The van der Waals surface area contributed by atoms with Crippen LogP contribution >= 0.6 is 11.6 Å². The van der Waals surface area contributed by atoms with E-state index in [1.807, 2.05) is 0 Å². The van der Waals surface area contributed by atoms with E-state index >= 15 is 0 Å². The molecule has 0 unspecified atom stereocenters. The van der Waals surface area contributed by atoms with Crippen molar-refractivity contribution in [3.63, 3.8) is 0 Å². The fraction of sp³-hybridized carbons (Fsp3) is 0.0625. The van der Waals surface area contributed by atoms with Gasteiger partial charge in [0.25, 0.3) is 11.5 Å². The summed E-state index contributed by atoms with van der Waals surface area (Å²) in [5.41, 5.74) is 5.99. The third-order valence-electron chi connectivity index (χ3n) is 3.38. The van der Waals surface area contributed by atoms with Crippen LogP contribution in [0, 0.1) is 0 Å². The van der Waals surface area contributed by atoms with Gasteiger partial charge in [0.2, 0.25) is 5.95 Å². The number of carbonyl (C=O) groups excluding carboxylic acids is 1. The Kier molecular flexibility index (Phi) is 3.99. The molecule has 116 valence electrons. The molecule has 0 atom stereocenters. The van der Waals surface area contributed by atoms with E-state index < -0.39 is 0 Å². The molecule has 23 heavy (non-hydrogen) atoms. The van der Waals surface area contributed by atoms with Crippen LogP contribution in [0.2, 0.25) is 5.02 Å². The third kappa shape index (κ3) is 3.02. The van der Waals surface area contributed by atoms with Gasteiger partial charge in [0, 0.05) is 17.6 Å². The van der Waals surface area contributed by atoms with Gasteiger partial charge in [-0.25, -0.2) is 4.98 Å². The Balaban J connectivity index is 1.84. The first-order valence-electron chi connectivity index (χ1n) is 6.84. The van der Waals surface area contributed by atoms with Crippen LogP contribution in [0.5, 0.6) is 0 Å². The largest absolute Gasteiger partial charge is 0.280 e. The van der Waals surface area contributed by atoms with Gasteiger partial charge < -0.3 is 0 Å². The van der Waals surface area contributed by atoms with Crippen molar-refractivity contribution in [1.82, 2.24) is 15.0 Å². The number of aromatic nitrogens is 2. The van der Waals surface area contributed by atoms with Crippen LogP contribution in [-0.4, -0.2) is 15.5 Å². The van der Waals surface area contributed by atoms with E-state index in [1.165, 1.54) is 4.57 Å². The van der Waals surface area contributed by atoms with Gasteiger partial charge in [-0.1, -0.05) is 23.7 Å². The molecule has 1 heterocycles. The number of carbonyl (C=O) groups is 1. The smallest absolute Gasteiger partial charge is 0.269 e. The van der Waals surface area contributed by atoms with E-state index in [9.17, 15) is 9.59 Å². The first-order chi connectivity index (χ1) is 11.1. The molecule has 2 aromatic carbocycles. The number of nitrogens with zero attached hydrogens (tertiary/aromatic N) is 2. The van der Waals surface area contributed by atoms with E-state index in [0.29, 0.717) is 21.5 Å². The van der Waals surface area contributed by atoms with E-state index in [4.69, 9.17) is 11.6 Å². The lowest BCUT2D eigenvalue weighted by molar-refractivity contribution is 0.0962. The number of halogens is 1. The average Bonchev–Trinajstić information content (AvgIpc) is 2.57. The molecule has 0 saturated carbocycles. The van der Waals surface area contributed by atoms with Crippen LogP contribution in [0.15, 0.2) is 53.3 Å². The standard InChI is InChI=1S/C16H13ClN4O2/c1-21-15(23)12-4-2-3-5-13(12)18-16(21)20-19-14(22)10-6-8-11(17)9-7-10/h2-9H,1H3,(H,18,20)(H,19,22). The second kappa shape index (κ2) is 6.10. The summed E-state index contributed by atoms with van der Waals surface area (Å²) in [6, 6.07) is 13.5. The number of hydrogen-bond donors (Lipinski definition) is 2. The predicted molar refractivity (Wildman–Crippen MR) is 89.5 cm³/mol. The quantitative estimate of drug-likeness (QED) is 0.724. The Hall–Kier alpha value is -2.86. The van der Waals surface area contributed by atoms with Crippen LogP contribution < -0.4 is 16.4 Å². The highest BCUT2D eigenvalue weighted by Crippen LogP contribution is 2.11. The minimum atomic E-state index is -0.357. The summed E-state index contributed by atoms with van der Waals surface area (Å²) in [4.78, 5) is 28.6. The molecule has 3 rings (SSSR count). The highest BCUT2D eigenvalue weighted by Gasteiger charge is 2.09. The van der Waals surface area contributed by atoms with Gasteiger partial charge >= 0.3 is 0 Å². The first kappa shape index (κ1) is 15.1. The Morgan fingerprint density at radius 1 is 1.13 bits per heavy atom. The zero-order valence-corrected chi connectivity index (χ0v) is 13.0. The Labute approximate surface area is 136 Å². The number of amides is 1. The van der Waals surface area contributed by atoms with Gasteiger partial charge in [0.1, 0.15) is 0 Å². The number of para-hydroxylation sites is 1. The Bertz CT molecular complexity index is 935. The molecule has 0 aliphatic carbocycles. The van der Waals surface area contributed by atoms with Crippen LogP contribution in [-0.2, 0) is 7.05 Å². The molecular weight excluding hydrogens is 316 g/mol. The van der Waals surface area contributed by atoms with E-state index in [1.54, 1.807) is 55.6 Å². The zero-order valence-electron chi connectivity index (χ0n) is 12.2. The normalized spacial score (nSPS) is 10.5. The van der Waals surface area contributed by atoms with Crippen molar-refractivity contribution >= 4 is 34.4 Å². The molecule has 2 N–H and O–H groups in total. The third-order valence-corrected chi connectivity index (χ3v) is 3.63. The van der Waals surface area contributed by atoms with Crippen molar-refractivity contribution in [2.75, 3.05) is 5.43 Å². The molecule has 7 heteroatoms. The Morgan fingerprint density at radius 3 is 2.57 bits per heavy atom. The summed E-state index contributed by atoms with van der Waals surface area (Å²) >= 11 is 5.79. The summed E-state index contributed by atoms with van der Waals surface area (Å²) < 4.78 is 1.34. The molecule has 0 bridgehead atoms. The van der Waals surface area contributed by atoms with Crippen LogP contribution in [0.25, 0.3) is 10.9 Å². The topological polar surface area (TPSA) is 76.0 Å². The summed E-state index contributed by atoms with van der Waals surface area (Å²) in [7, 11) is 1.58. The maximum Gasteiger partial charge on any atom is 0.269 e. The van der Waals surface area contributed by atoms with Crippen molar-refractivity contribution in [3.8, 4) is 0 Å². The van der Waals surface area contributed by atoms with Gasteiger partial charge in [-0.3, -0.25) is 25.0 Å². The summed E-state index contributed by atoms with van der Waals surface area (Å²) in [6.45, 7) is 0. The molecule has 1 amide bonds. The van der Waals surface area contributed by atoms with Crippen LogP contribution in [0.1, 0.15) is 10.4 Å². The maximum atomic E-state index is 12.3. The van der Waals surface area contributed by atoms with E-state index in [-0.39, 0.29) is 17.4 Å². The van der Waals surface area contributed by atoms with Crippen molar-refractivity contribution in [3.05, 3.63) is 69.5 Å². The summed E-state index contributed by atoms with van der Waals surface area (Å²) in [5.74, 6) is -0.111. The number of rotatable bonds is 3. The second-order valence-electron chi connectivity index (χ2n) is 4.90. The second-order valence-corrected chi connectivity index (χ2v) is 5.34. The van der Waals surface area contributed by atoms with Crippen LogP contribution in [0.4, 0.5) is 5.95 Å².